The molecule has 39 heavy (non-hydrogen) atoms. The average molecular weight is 521 g/mol. The predicted molar refractivity (Wildman–Crippen MR) is 148 cm³/mol. The van der Waals surface area contributed by atoms with Crippen LogP contribution in [0, 0.1) is 0 Å². The maximum atomic E-state index is 14.4. The number of furan rings is 1. The summed E-state index contributed by atoms with van der Waals surface area (Å²) in [6.07, 6.45) is 2.48. The van der Waals surface area contributed by atoms with Gasteiger partial charge in [-0.2, -0.15) is 0 Å². The number of para-hydroxylation sites is 3. The highest BCUT2D eigenvalue weighted by Crippen LogP contribution is 2.49. The molecule has 1 aliphatic heterocycles. The molecule has 0 fully saturated rings. The number of ether oxygens (including phenoxy) is 2. The van der Waals surface area contributed by atoms with Crippen molar-refractivity contribution < 1.29 is 23.5 Å². The molecule has 1 aromatic heterocycles. The van der Waals surface area contributed by atoms with Crippen molar-refractivity contribution in [1.82, 2.24) is 0 Å². The maximum absolute atomic E-state index is 14.4. The molecule has 0 saturated carbocycles. The number of carbonyl (C=O) groups excluding carboxylic acids is 2. The number of nitrogens with zero attached hydrogens (tertiary/aromatic N) is 1. The Morgan fingerprint density at radius 2 is 1.67 bits per heavy atom. The van der Waals surface area contributed by atoms with E-state index in [1.807, 2.05) is 60.7 Å². The van der Waals surface area contributed by atoms with Gasteiger partial charge in [0.05, 0.1) is 37.9 Å². The SMILES string of the molecule is COc1ccc(C(=O)N2c3ccccc3NC3=C(C(=O)C[C@@H](c4ccco4)C3)[C@H]2c2ccccc2OC)cc1. The Morgan fingerprint density at radius 1 is 0.897 bits per heavy atom. The number of nitrogens with one attached hydrogen (secondary N) is 1. The summed E-state index contributed by atoms with van der Waals surface area (Å²) in [5.41, 5.74) is 3.97. The Balaban J connectivity index is 1.58. The van der Waals surface area contributed by atoms with E-state index in [-0.39, 0.29) is 24.0 Å². The quantitative estimate of drug-likeness (QED) is 0.323. The third-order valence-corrected chi connectivity index (χ3v) is 7.42. The first-order chi connectivity index (χ1) is 19.1. The van der Waals surface area contributed by atoms with E-state index in [1.54, 1.807) is 49.6 Å². The molecule has 2 aliphatic rings. The minimum absolute atomic E-state index is 0.0404. The van der Waals surface area contributed by atoms with Gasteiger partial charge < -0.3 is 19.2 Å². The van der Waals surface area contributed by atoms with E-state index in [9.17, 15) is 9.59 Å². The Morgan fingerprint density at radius 3 is 2.41 bits per heavy atom. The van der Waals surface area contributed by atoms with Crippen molar-refractivity contribution in [2.24, 2.45) is 0 Å². The van der Waals surface area contributed by atoms with Gasteiger partial charge in [-0.15, -0.1) is 0 Å². The first kappa shape index (κ1) is 24.6. The lowest BCUT2D eigenvalue weighted by Gasteiger charge is -2.35. The molecular formula is C32H28N2O5. The molecule has 3 aromatic carbocycles. The molecule has 0 radical (unpaired) electrons. The average Bonchev–Trinajstić information content (AvgIpc) is 3.47. The van der Waals surface area contributed by atoms with Gasteiger partial charge in [-0.05, 0) is 61.0 Å². The molecule has 0 bridgehead atoms. The zero-order chi connectivity index (χ0) is 26.9. The van der Waals surface area contributed by atoms with E-state index >= 15 is 0 Å². The molecule has 6 rings (SSSR count). The highest BCUT2D eigenvalue weighted by Gasteiger charge is 2.43. The Labute approximate surface area is 226 Å². The van der Waals surface area contributed by atoms with Gasteiger partial charge in [-0.3, -0.25) is 14.5 Å². The minimum Gasteiger partial charge on any atom is -0.497 e. The Kier molecular flexibility index (Phi) is 6.40. The molecule has 1 aliphatic carbocycles. The topological polar surface area (TPSA) is 81.0 Å². The van der Waals surface area contributed by atoms with Crippen molar-refractivity contribution in [3.8, 4) is 11.5 Å². The summed E-state index contributed by atoms with van der Waals surface area (Å²) in [4.78, 5) is 30.2. The summed E-state index contributed by atoms with van der Waals surface area (Å²) in [5, 5.41) is 3.54. The predicted octanol–water partition coefficient (Wildman–Crippen LogP) is 6.51. The fourth-order valence-corrected chi connectivity index (χ4v) is 5.60. The molecular weight excluding hydrogens is 492 g/mol. The number of ketones is 1. The fraction of sp³-hybridized carbons (Fsp3) is 0.188. The highest BCUT2D eigenvalue weighted by molar-refractivity contribution is 6.12. The van der Waals surface area contributed by atoms with Crippen LogP contribution < -0.4 is 19.7 Å². The van der Waals surface area contributed by atoms with Crippen LogP contribution >= 0.6 is 0 Å². The molecule has 0 saturated heterocycles. The Bertz CT molecular complexity index is 1560. The minimum atomic E-state index is -0.716. The van der Waals surface area contributed by atoms with E-state index in [0.29, 0.717) is 34.7 Å². The third kappa shape index (κ3) is 4.36. The van der Waals surface area contributed by atoms with Crippen molar-refractivity contribution in [2.45, 2.75) is 24.8 Å². The number of anilines is 2. The first-order valence-electron chi connectivity index (χ1n) is 12.8. The van der Waals surface area contributed by atoms with Crippen molar-refractivity contribution in [1.29, 1.82) is 0 Å². The van der Waals surface area contributed by atoms with Crippen molar-refractivity contribution in [3.05, 3.63) is 119 Å². The molecule has 0 spiro atoms. The van der Waals surface area contributed by atoms with E-state index in [4.69, 9.17) is 13.9 Å². The van der Waals surface area contributed by atoms with Gasteiger partial charge in [0, 0.05) is 34.7 Å². The van der Waals surface area contributed by atoms with Gasteiger partial charge in [0.15, 0.2) is 5.78 Å². The van der Waals surface area contributed by atoms with Crippen molar-refractivity contribution >= 4 is 23.1 Å². The van der Waals surface area contributed by atoms with Crippen LogP contribution in [0.4, 0.5) is 11.4 Å². The van der Waals surface area contributed by atoms with Crippen molar-refractivity contribution in [3.63, 3.8) is 0 Å². The normalized spacial score (nSPS) is 18.5. The van der Waals surface area contributed by atoms with E-state index < -0.39 is 6.04 Å². The maximum Gasteiger partial charge on any atom is 0.259 e. The van der Waals surface area contributed by atoms with E-state index in [1.165, 1.54) is 0 Å². The second-order valence-corrected chi connectivity index (χ2v) is 9.63. The number of carbonyl (C=O) groups is 2. The second kappa shape index (κ2) is 10.2. The summed E-state index contributed by atoms with van der Waals surface area (Å²) < 4.78 is 16.8. The zero-order valence-corrected chi connectivity index (χ0v) is 21.7. The molecule has 7 nitrogen and oxygen atoms in total. The van der Waals surface area contributed by atoms with Gasteiger partial charge in [-0.1, -0.05) is 30.3 Å². The van der Waals surface area contributed by atoms with Gasteiger partial charge >= 0.3 is 0 Å². The lowest BCUT2D eigenvalue weighted by atomic mass is 9.79. The second-order valence-electron chi connectivity index (χ2n) is 9.63. The standard InChI is InChI=1S/C32H28N2O5/c1-37-22-15-13-20(14-16-22)32(36)34-26-10-5-4-9-24(26)33-25-18-21(28-12-7-17-39-28)19-27(35)30(25)31(34)23-8-3-6-11-29(23)38-2/h3-17,21,31,33H,18-19H2,1-2H3/t21-,31+/m0/s1. The molecule has 1 N–H and O–H groups in total. The summed E-state index contributed by atoms with van der Waals surface area (Å²) in [7, 11) is 3.19. The largest absolute Gasteiger partial charge is 0.497 e. The molecule has 1 amide bonds. The lowest BCUT2D eigenvalue weighted by Crippen LogP contribution is -2.38. The van der Waals surface area contributed by atoms with Crippen LogP contribution in [-0.2, 0) is 4.79 Å². The van der Waals surface area contributed by atoms with Crippen LogP contribution in [-0.4, -0.2) is 25.9 Å². The molecule has 196 valence electrons. The number of amides is 1. The number of benzene rings is 3. The summed E-state index contributed by atoms with van der Waals surface area (Å²) in [5.74, 6) is 1.64. The highest BCUT2D eigenvalue weighted by atomic mass is 16.5. The Hall–Kier alpha value is -4.78. The van der Waals surface area contributed by atoms with Gasteiger partial charge in [-0.25, -0.2) is 0 Å². The number of fused-ring (bicyclic) bond motifs is 1. The van der Waals surface area contributed by atoms with E-state index in [2.05, 4.69) is 5.32 Å². The zero-order valence-electron chi connectivity index (χ0n) is 21.7. The monoisotopic (exact) mass is 520 g/mol. The number of hydrogen-bond acceptors (Lipinski definition) is 6. The number of methoxy groups -OCH3 is 2. The van der Waals surface area contributed by atoms with Crippen LogP contribution in [0.5, 0.6) is 11.5 Å². The van der Waals surface area contributed by atoms with Crippen LogP contribution in [0.2, 0.25) is 0 Å². The lowest BCUT2D eigenvalue weighted by molar-refractivity contribution is -0.116. The van der Waals surface area contributed by atoms with Crippen molar-refractivity contribution in [2.75, 3.05) is 24.4 Å². The smallest absolute Gasteiger partial charge is 0.259 e. The number of allylic oxidation sites excluding steroid dienone is 1. The summed E-state index contributed by atoms with van der Waals surface area (Å²) in [6, 6.07) is 25.2. The third-order valence-electron chi connectivity index (χ3n) is 7.42. The van der Waals surface area contributed by atoms with Crippen LogP contribution in [0.15, 0.2) is 107 Å². The van der Waals surface area contributed by atoms with Crippen LogP contribution in [0.1, 0.15) is 46.5 Å². The number of Topliss-reactive ketones (excluding diaryl/α,β-unsaturated/α-hetero) is 1. The summed E-state index contributed by atoms with van der Waals surface area (Å²) in [6.45, 7) is 0. The molecule has 7 heteroatoms. The molecule has 2 heterocycles. The molecule has 4 aromatic rings. The first-order valence-corrected chi connectivity index (χ1v) is 12.8. The number of rotatable bonds is 5. The van der Waals surface area contributed by atoms with Gasteiger partial charge in [0.25, 0.3) is 5.91 Å². The van der Waals surface area contributed by atoms with Gasteiger partial charge in [0.2, 0.25) is 0 Å². The van der Waals surface area contributed by atoms with E-state index in [0.717, 1.165) is 22.7 Å². The van der Waals surface area contributed by atoms with Crippen LogP contribution in [0.3, 0.4) is 0 Å². The molecule has 0 unspecified atom stereocenters. The van der Waals surface area contributed by atoms with Gasteiger partial charge in [0.1, 0.15) is 17.3 Å². The summed E-state index contributed by atoms with van der Waals surface area (Å²) >= 11 is 0. The molecule has 2 atom stereocenters. The fourth-order valence-electron chi connectivity index (χ4n) is 5.60. The van der Waals surface area contributed by atoms with Crippen LogP contribution in [0.25, 0.3) is 0 Å². The number of hydrogen-bond donors (Lipinski definition) is 1.